The number of piperidine rings is 1. The number of carbonyl (C=O) groups excluding carboxylic acids is 2. The van der Waals surface area contributed by atoms with Crippen LogP contribution in [0.5, 0.6) is 0 Å². The molecule has 1 N–H and O–H groups in total. The number of hydrogen-bond acceptors (Lipinski definition) is 6. The van der Waals surface area contributed by atoms with Crippen LogP contribution in [0.1, 0.15) is 30.9 Å². The summed E-state index contributed by atoms with van der Waals surface area (Å²) in [5.41, 5.74) is 1.39. The molecule has 0 radical (unpaired) electrons. The molecule has 1 saturated heterocycles. The van der Waals surface area contributed by atoms with Crippen LogP contribution in [0.15, 0.2) is 48.5 Å². The zero-order valence-corrected chi connectivity index (χ0v) is 17.9. The molecule has 0 aromatic heterocycles. The Labute approximate surface area is 185 Å². The van der Waals surface area contributed by atoms with Gasteiger partial charge in [0, 0.05) is 30.1 Å². The van der Waals surface area contributed by atoms with E-state index in [1.165, 1.54) is 13.2 Å². The summed E-state index contributed by atoms with van der Waals surface area (Å²) in [4.78, 5) is 37.6. The number of halogens is 1. The van der Waals surface area contributed by atoms with E-state index >= 15 is 0 Å². The van der Waals surface area contributed by atoms with Crippen LogP contribution in [0.4, 0.5) is 11.4 Å². The number of nitro benzene ring substituents is 1. The molecule has 1 unspecified atom stereocenters. The molecule has 0 saturated carbocycles. The van der Waals surface area contributed by atoms with Gasteiger partial charge in [-0.1, -0.05) is 35.9 Å². The minimum atomic E-state index is -0.523. The first-order valence-electron chi connectivity index (χ1n) is 10.00. The van der Waals surface area contributed by atoms with Crippen molar-refractivity contribution in [2.75, 3.05) is 25.1 Å². The number of nitrogens with zero attached hydrogens (tertiary/aromatic N) is 2. The van der Waals surface area contributed by atoms with Gasteiger partial charge in [-0.3, -0.25) is 19.7 Å². The number of benzene rings is 2. The van der Waals surface area contributed by atoms with Gasteiger partial charge in [0.1, 0.15) is 5.69 Å². The van der Waals surface area contributed by atoms with Crippen LogP contribution in [-0.4, -0.2) is 37.0 Å². The molecule has 2 aromatic rings. The van der Waals surface area contributed by atoms with Gasteiger partial charge in [0.05, 0.1) is 24.5 Å². The summed E-state index contributed by atoms with van der Waals surface area (Å²) in [5.74, 6) is -0.816. The molecule has 0 spiro atoms. The summed E-state index contributed by atoms with van der Waals surface area (Å²) in [6.07, 6.45) is 1.13. The highest BCUT2D eigenvalue weighted by Crippen LogP contribution is 2.31. The zero-order chi connectivity index (χ0) is 22.4. The molecule has 3 rings (SSSR count). The van der Waals surface area contributed by atoms with Crippen LogP contribution in [-0.2, 0) is 14.3 Å². The third-order valence-corrected chi connectivity index (χ3v) is 5.72. The molecule has 1 aliphatic heterocycles. The lowest BCUT2D eigenvalue weighted by Crippen LogP contribution is -2.42. The predicted octanol–water partition coefficient (Wildman–Crippen LogP) is 3.89. The molecule has 1 amide bonds. The average Bonchev–Trinajstić information content (AvgIpc) is 2.79. The van der Waals surface area contributed by atoms with E-state index in [-0.39, 0.29) is 23.9 Å². The number of ether oxygens (including phenoxy) is 1. The van der Waals surface area contributed by atoms with E-state index in [2.05, 4.69) is 5.32 Å². The van der Waals surface area contributed by atoms with Crippen LogP contribution >= 0.6 is 11.6 Å². The molecule has 9 heteroatoms. The standard InChI is InChI=1S/C22H24ClN3O5/c1-31-21(27)14-18(15-6-8-17(23)9-7-15)24-22(28)16-10-12-25(13-11-16)19-4-2-3-5-20(19)26(29)30/h2-9,16,18H,10-14H2,1H3,(H,24,28). The van der Waals surface area contributed by atoms with Gasteiger partial charge >= 0.3 is 5.97 Å². The van der Waals surface area contributed by atoms with Gasteiger partial charge in [0.2, 0.25) is 5.91 Å². The van der Waals surface area contributed by atoms with Gasteiger partial charge in [0.25, 0.3) is 5.69 Å². The minimum absolute atomic E-state index is 0.0128. The summed E-state index contributed by atoms with van der Waals surface area (Å²) < 4.78 is 4.77. The summed E-state index contributed by atoms with van der Waals surface area (Å²) in [6, 6.07) is 13.1. The maximum atomic E-state index is 12.9. The lowest BCUT2D eigenvalue weighted by molar-refractivity contribution is -0.384. The molecule has 1 fully saturated rings. The minimum Gasteiger partial charge on any atom is -0.469 e. The van der Waals surface area contributed by atoms with Crippen LogP contribution in [0.25, 0.3) is 0 Å². The lowest BCUT2D eigenvalue weighted by atomic mass is 9.94. The number of rotatable bonds is 7. The largest absolute Gasteiger partial charge is 0.469 e. The number of esters is 1. The Balaban J connectivity index is 1.65. The Morgan fingerprint density at radius 2 is 1.84 bits per heavy atom. The Morgan fingerprint density at radius 1 is 1.19 bits per heavy atom. The molecular formula is C22H24ClN3O5. The molecule has 0 aliphatic carbocycles. The van der Waals surface area contributed by atoms with Crippen molar-refractivity contribution in [3.05, 3.63) is 69.2 Å². The van der Waals surface area contributed by atoms with Crippen molar-refractivity contribution >= 4 is 34.9 Å². The number of carbonyl (C=O) groups is 2. The molecular weight excluding hydrogens is 422 g/mol. The van der Waals surface area contributed by atoms with Crippen LogP contribution < -0.4 is 10.2 Å². The van der Waals surface area contributed by atoms with Crippen LogP contribution in [0.2, 0.25) is 5.02 Å². The predicted molar refractivity (Wildman–Crippen MR) is 117 cm³/mol. The number of anilines is 1. The third kappa shape index (κ3) is 5.73. The molecule has 31 heavy (non-hydrogen) atoms. The van der Waals surface area contributed by atoms with Gasteiger partial charge in [-0.15, -0.1) is 0 Å². The van der Waals surface area contributed by atoms with Gasteiger partial charge < -0.3 is 15.0 Å². The second-order valence-corrected chi connectivity index (χ2v) is 7.84. The Morgan fingerprint density at radius 3 is 2.45 bits per heavy atom. The van der Waals surface area contributed by atoms with Crippen molar-refractivity contribution in [1.82, 2.24) is 5.32 Å². The highest BCUT2D eigenvalue weighted by molar-refractivity contribution is 6.30. The smallest absolute Gasteiger partial charge is 0.307 e. The maximum absolute atomic E-state index is 12.9. The topological polar surface area (TPSA) is 102 Å². The fraction of sp³-hybridized carbons (Fsp3) is 0.364. The normalized spacial score (nSPS) is 15.2. The van der Waals surface area contributed by atoms with E-state index in [1.807, 2.05) is 4.90 Å². The third-order valence-electron chi connectivity index (χ3n) is 5.47. The van der Waals surface area contributed by atoms with E-state index in [4.69, 9.17) is 16.3 Å². The lowest BCUT2D eigenvalue weighted by Gasteiger charge is -2.33. The Hall–Kier alpha value is -3.13. The van der Waals surface area contributed by atoms with E-state index in [0.29, 0.717) is 36.6 Å². The highest BCUT2D eigenvalue weighted by atomic mass is 35.5. The summed E-state index contributed by atoms with van der Waals surface area (Å²) in [6.45, 7) is 1.07. The molecule has 0 bridgehead atoms. The number of methoxy groups -OCH3 is 1. The molecule has 1 heterocycles. The second kappa shape index (κ2) is 10.3. The summed E-state index contributed by atoms with van der Waals surface area (Å²) in [5, 5.41) is 14.8. The van der Waals surface area contributed by atoms with Crippen molar-refractivity contribution in [3.63, 3.8) is 0 Å². The molecule has 1 aliphatic rings. The summed E-state index contributed by atoms with van der Waals surface area (Å²) >= 11 is 5.95. The zero-order valence-electron chi connectivity index (χ0n) is 17.1. The number of amides is 1. The average molecular weight is 446 g/mol. The van der Waals surface area contributed by atoms with Crippen LogP contribution in [0.3, 0.4) is 0 Å². The number of nitrogens with one attached hydrogen (secondary N) is 1. The van der Waals surface area contributed by atoms with Gasteiger partial charge in [-0.25, -0.2) is 0 Å². The molecule has 8 nitrogen and oxygen atoms in total. The fourth-order valence-electron chi connectivity index (χ4n) is 3.76. The molecule has 1 atom stereocenters. The van der Waals surface area contributed by atoms with Crippen molar-refractivity contribution in [2.45, 2.75) is 25.3 Å². The van der Waals surface area contributed by atoms with Gasteiger partial charge in [-0.05, 0) is 36.6 Å². The number of hydrogen-bond donors (Lipinski definition) is 1. The van der Waals surface area contributed by atoms with E-state index in [9.17, 15) is 19.7 Å². The van der Waals surface area contributed by atoms with Crippen molar-refractivity contribution < 1.29 is 19.2 Å². The van der Waals surface area contributed by atoms with Crippen molar-refractivity contribution in [1.29, 1.82) is 0 Å². The highest BCUT2D eigenvalue weighted by Gasteiger charge is 2.30. The fourth-order valence-corrected chi connectivity index (χ4v) is 3.88. The second-order valence-electron chi connectivity index (χ2n) is 7.40. The SMILES string of the molecule is COC(=O)CC(NC(=O)C1CCN(c2ccccc2[N+](=O)[O-])CC1)c1ccc(Cl)cc1. The quantitative estimate of drug-likeness (QED) is 0.394. The number of para-hydroxylation sites is 2. The van der Waals surface area contributed by atoms with E-state index < -0.39 is 16.9 Å². The van der Waals surface area contributed by atoms with Crippen LogP contribution in [0, 0.1) is 16.0 Å². The van der Waals surface area contributed by atoms with E-state index in [1.54, 1.807) is 42.5 Å². The summed E-state index contributed by atoms with van der Waals surface area (Å²) in [7, 11) is 1.31. The number of nitro groups is 1. The first kappa shape index (κ1) is 22.6. The van der Waals surface area contributed by atoms with Crippen molar-refractivity contribution in [2.24, 2.45) is 5.92 Å². The first-order chi connectivity index (χ1) is 14.9. The monoisotopic (exact) mass is 445 g/mol. The molecule has 164 valence electrons. The van der Waals surface area contributed by atoms with E-state index in [0.717, 1.165) is 5.56 Å². The van der Waals surface area contributed by atoms with Gasteiger partial charge in [-0.2, -0.15) is 0 Å². The maximum Gasteiger partial charge on any atom is 0.307 e. The first-order valence-corrected chi connectivity index (χ1v) is 10.4. The van der Waals surface area contributed by atoms with Gasteiger partial charge in [0.15, 0.2) is 0 Å². The Bertz CT molecular complexity index is 942. The Kier molecular flexibility index (Phi) is 7.46. The van der Waals surface area contributed by atoms with Crippen molar-refractivity contribution in [3.8, 4) is 0 Å². The molecule has 2 aromatic carbocycles.